The van der Waals surface area contributed by atoms with Crippen LogP contribution in [0.1, 0.15) is 51.4 Å². The highest BCUT2D eigenvalue weighted by Gasteiger charge is 2.37. The second kappa shape index (κ2) is 5.60. The van der Waals surface area contributed by atoms with Crippen LogP contribution in [0, 0.1) is 5.92 Å². The van der Waals surface area contributed by atoms with Crippen LogP contribution in [0.2, 0.25) is 0 Å². The van der Waals surface area contributed by atoms with Crippen molar-refractivity contribution in [2.75, 3.05) is 26.2 Å². The van der Waals surface area contributed by atoms with Gasteiger partial charge in [0.15, 0.2) is 0 Å². The largest absolute Gasteiger partial charge is 0.339 e. The molecular formula is C15H26N2O. The molecule has 0 spiro atoms. The number of amides is 1. The van der Waals surface area contributed by atoms with Gasteiger partial charge in [0.05, 0.1) is 0 Å². The average molecular weight is 250 g/mol. The fraction of sp³-hybridized carbons (Fsp3) is 0.933. The fourth-order valence-electron chi connectivity index (χ4n) is 3.49. The van der Waals surface area contributed by atoms with Crippen molar-refractivity contribution in [3.05, 3.63) is 0 Å². The zero-order valence-corrected chi connectivity index (χ0v) is 11.4. The van der Waals surface area contributed by atoms with E-state index in [2.05, 4.69) is 9.80 Å². The lowest BCUT2D eigenvalue weighted by atomic mass is 9.98. The Morgan fingerprint density at radius 1 is 0.944 bits per heavy atom. The zero-order valence-electron chi connectivity index (χ0n) is 11.4. The molecule has 18 heavy (non-hydrogen) atoms. The maximum atomic E-state index is 12.3. The molecule has 2 saturated heterocycles. The summed E-state index contributed by atoms with van der Waals surface area (Å²) < 4.78 is 0. The Kier molecular flexibility index (Phi) is 3.88. The first-order valence-corrected chi connectivity index (χ1v) is 7.87. The smallest absolute Gasteiger partial charge is 0.225 e. The summed E-state index contributed by atoms with van der Waals surface area (Å²) >= 11 is 0. The number of hydrogen-bond donors (Lipinski definition) is 0. The molecule has 2 heterocycles. The second-order valence-corrected chi connectivity index (χ2v) is 6.29. The van der Waals surface area contributed by atoms with E-state index in [-0.39, 0.29) is 0 Å². The molecule has 0 aromatic heterocycles. The lowest BCUT2D eigenvalue weighted by molar-refractivity contribution is -0.136. The monoisotopic (exact) mass is 250 g/mol. The zero-order chi connectivity index (χ0) is 12.4. The molecule has 3 fully saturated rings. The second-order valence-electron chi connectivity index (χ2n) is 6.29. The van der Waals surface area contributed by atoms with Crippen molar-refractivity contribution in [2.24, 2.45) is 5.92 Å². The first-order valence-electron chi connectivity index (χ1n) is 7.87. The predicted molar refractivity (Wildman–Crippen MR) is 72.4 cm³/mol. The van der Waals surface area contributed by atoms with Crippen molar-refractivity contribution in [3.8, 4) is 0 Å². The third kappa shape index (κ3) is 2.87. The van der Waals surface area contributed by atoms with Crippen LogP contribution in [0.4, 0.5) is 0 Å². The molecule has 1 saturated carbocycles. The molecule has 3 heteroatoms. The molecule has 3 rings (SSSR count). The van der Waals surface area contributed by atoms with Crippen LogP contribution in [-0.4, -0.2) is 47.9 Å². The molecular weight excluding hydrogens is 224 g/mol. The van der Waals surface area contributed by atoms with E-state index in [4.69, 9.17) is 0 Å². The van der Waals surface area contributed by atoms with Crippen LogP contribution in [0.25, 0.3) is 0 Å². The van der Waals surface area contributed by atoms with Crippen LogP contribution in [-0.2, 0) is 4.79 Å². The topological polar surface area (TPSA) is 23.6 Å². The average Bonchev–Trinajstić information content (AvgIpc) is 3.13. The molecule has 102 valence electrons. The third-order valence-corrected chi connectivity index (χ3v) is 4.81. The molecule has 3 nitrogen and oxygen atoms in total. The number of carbonyl (C=O) groups is 1. The molecule has 3 aliphatic rings. The molecule has 1 aliphatic carbocycles. The SMILES string of the molecule is O=C(C1CC1)N1CCCCC1CCN1CCCC1. The number of likely N-dealkylation sites (tertiary alicyclic amines) is 2. The Morgan fingerprint density at radius 3 is 2.39 bits per heavy atom. The van der Waals surface area contributed by atoms with Gasteiger partial charge in [-0.15, -0.1) is 0 Å². The molecule has 0 bridgehead atoms. The number of rotatable bonds is 4. The van der Waals surface area contributed by atoms with E-state index >= 15 is 0 Å². The fourth-order valence-corrected chi connectivity index (χ4v) is 3.49. The highest BCUT2D eigenvalue weighted by Crippen LogP contribution is 2.33. The summed E-state index contributed by atoms with van der Waals surface area (Å²) in [6, 6.07) is 0.549. The van der Waals surface area contributed by atoms with E-state index < -0.39 is 0 Å². The van der Waals surface area contributed by atoms with E-state index in [1.54, 1.807) is 0 Å². The minimum Gasteiger partial charge on any atom is -0.339 e. The van der Waals surface area contributed by atoms with Gasteiger partial charge in [0, 0.05) is 25.0 Å². The van der Waals surface area contributed by atoms with E-state index in [9.17, 15) is 4.79 Å². The van der Waals surface area contributed by atoms with Crippen LogP contribution in [0.15, 0.2) is 0 Å². The van der Waals surface area contributed by atoms with Crippen molar-refractivity contribution in [1.29, 1.82) is 0 Å². The lowest BCUT2D eigenvalue weighted by Crippen LogP contribution is -2.45. The summed E-state index contributed by atoms with van der Waals surface area (Å²) in [5.74, 6) is 0.874. The summed E-state index contributed by atoms with van der Waals surface area (Å²) in [5.41, 5.74) is 0. The number of piperidine rings is 1. The van der Waals surface area contributed by atoms with Crippen LogP contribution < -0.4 is 0 Å². The van der Waals surface area contributed by atoms with E-state index in [0.29, 0.717) is 17.9 Å². The molecule has 0 aromatic carbocycles. The van der Waals surface area contributed by atoms with Gasteiger partial charge in [-0.2, -0.15) is 0 Å². The molecule has 0 aromatic rings. The van der Waals surface area contributed by atoms with Gasteiger partial charge in [-0.25, -0.2) is 0 Å². The number of nitrogens with zero attached hydrogens (tertiary/aromatic N) is 2. The van der Waals surface area contributed by atoms with Gasteiger partial charge in [0.2, 0.25) is 5.91 Å². The molecule has 2 aliphatic heterocycles. The summed E-state index contributed by atoms with van der Waals surface area (Å²) in [5, 5.41) is 0. The van der Waals surface area contributed by atoms with Crippen molar-refractivity contribution in [3.63, 3.8) is 0 Å². The van der Waals surface area contributed by atoms with E-state index in [1.807, 2.05) is 0 Å². The standard InChI is InChI=1S/C15H26N2O/c18-15(13-6-7-13)17-11-2-1-5-14(17)8-12-16-9-3-4-10-16/h13-14H,1-12H2. The Bertz CT molecular complexity index is 295. The first kappa shape index (κ1) is 12.5. The molecule has 0 N–H and O–H groups in total. The van der Waals surface area contributed by atoms with Crippen LogP contribution in [0.5, 0.6) is 0 Å². The maximum absolute atomic E-state index is 12.3. The van der Waals surface area contributed by atoms with Gasteiger partial charge in [-0.3, -0.25) is 4.79 Å². The van der Waals surface area contributed by atoms with Crippen molar-refractivity contribution < 1.29 is 4.79 Å². The van der Waals surface area contributed by atoms with Gasteiger partial charge in [-0.1, -0.05) is 0 Å². The van der Waals surface area contributed by atoms with E-state index in [1.165, 1.54) is 58.2 Å². The normalized spacial score (nSPS) is 29.8. The number of hydrogen-bond acceptors (Lipinski definition) is 2. The van der Waals surface area contributed by atoms with Crippen LogP contribution >= 0.6 is 0 Å². The predicted octanol–water partition coefficient (Wildman–Crippen LogP) is 2.26. The summed E-state index contributed by atoms with van der Waals surface area (Å²) in [4.78, 5) is 17.1. The summed E-state index contributed by atoms with van der Waals surface area (Å²) in [6.45, 7) is 4.80. The van der Waals surface area contributed by atoms with Crippen LogP contribution in [0.3, 0.4) is 0 Å². The summed E-state index contributed by atoms with van der Waals surface area (Å²) in [7, 11) is 0. The van der Waals surface area contributed by atoms with Crippen molar-refractivity contribution in [1.82, 2.24) is 9.80 Å². The third-order valence-electron chi connectivity index (χ3n) is 4.81. The Balaban J connectivity index is 1.51. The molecule has 0 radical (unpaired) electrons. The lowest BCUT2D eigenvalue weighted by Gasteiger charge is -2.37. The summed E-state index contributed by atoms with van der Waals surface area (Å²) in [6.07, 6.45) is 10.0. The van der Waals surface area contributed by atoms with Gasteiger partial charge in [0.1, 0.15) is 0 Å². The maximum Gasteiger partial charge on any atom is 0.225 e. The van der Waals surface area contributed by atoms with Crippen molar-refractivity contribution in [2.45, 2.75) is 57.4 Å². The van der Waals surface area contributed by atoms with E-state index in [0.717, 1.165) is 19.4 Å². The van der Waals surface area contributed by atoms with Gasteiger partial charge < -0.3 is 9.80 Å². The minimum absolute atomic E-state index is 0.400. The first-order chi connectivity index (χ1) is 8.84. The Morgan fingerprint density at radius 2 is 1.67 bits per heavy atom. The van der Waals surface area contributed by atoms with Gasteiger partial charge >= 0.3 is 0 Å². The molecule has 1 atom stereocenters. The van der Waals surface area contributed by atoms with Gasteiger partial charge in [-0.05, 0) is 64.5 Å². The quantitative estimate of drug-likeness (QED) is 0.764. The highest BCUT2D eigenvalue weighted by molar-refractivity contribution is 5.81. The van der Waals surface area contributed by atoms with Gasteiger partial charge in [0.25, 0.3) is 0 Å². The Hall–Kier alpha value is -0.570. The number of carbonyl (C=O) groups excluding carboxylic acids is 1. The Labute approximate surface area is 111 Å². The van der Waals surface area contributed by atoms with Crippen molar-refractivity contribution >= 4 is 5.91 Å². The highest BCUT2D eigenvalue weighted by atomic mass is 16.2. The molecule has 1 amide bonds. The minimum atomic E-state index is 0.400. The molecule has 1 unspecified atom stereocenters.